The zero-order valence-electron chi connectivity index (χ0n) is 12.1. The SMILES string of the molecule is COc1ccccc1N(C)Cc1nc2ccc(N)cc2[nH]1. The monoisotopic (exact) mass is 282 g/mol. The maximum atomic E-state index is 5.79. The van der Waals surface area contributed by atoms with Crippen molar-refractivity contribution in [2.24, 2.45) is 0 Å². The van der Waals surface area contributed by atoms with Crippen LogP contribution in [0.3, 0.4) is 0 Å². The molecule has 5 heteroatoms. The molecule has 0 radical (unpaired) electrons. The summed E-state index contributed by atoms with van der Waals surface area (Å²) < 4.78 is 5.39. The number of rotatable bonds is 4. The van der Waals surface area contributed by atoms with E-state index in [1.54, 1.807) is 7.11 Å². The number of benzene rings is 2. The van der Waals surface area contributed by atoms with Crippen molar-refractivity contribution in [3.05, 3.63) is 48.3 Å². The molecule has 0 aliphatic carbocycles. The molecule has 108 valence electrons. The average molecular weight is 282 g/mol. The number of nitrogens with zero attached hydrogens (tertiary/aromatic N) is 2. The van der Waals surface area contributed by atoms with Crippen molar-refractivity contribution in [3.8, 4) is 5.75 Å². The number of imidazole rings is 1. The Hall–Kier alpha value is -2.69. The number of para-hydroxylation sites is 2. The summed E-state index contributed by atoms with van der Waals surface area (Å²) in [5.74, 6) is 1.74. The Morgan fingerprint density at radius 2 is 2.05 bits per heavy atom. The fourth-order valence-corrected chi connectivity index (χ4v) is 2.41. The first-order valence-electron chi connectivity index (χ1n) is 6.75. The van der Waals surface area contributed by atoms with Gasteiger partial charge in [0, 0.05) is 12.7 Å². The Labute approximate surface area is 123 Å². The molecule has 0 saturated heterocycles. The summed E-state index contributed by atoms with van der Waals surface area (Å²) in [6, 6.07) is 13.6. The van der Waals surface area contributed by atoms with Crippen molar-refractivity contribution in [1.29, 1.82) is 0 Å². The van der Waals surface area contributed by atoms with Gasteiger partial charge >= 0.3 is 0 Å². The normalized spacial score (nSPS) is 10.8. The average Bonchev–Trinajstić information content (AvgIpc) is 2.88. The molecule has 21 heavy (non-hydrogen) atoms. The van der Waals surface area contributed by atoms with Crippen molar-refractivity contribution in [1.82, 2.24) is 9.97 Å². The summed E-state index contributed by atoms with van der Waals surface area (Å²) in [6.45, 7) is 0.662. The second-order valence-corrected chi connectivity index (χ2v) is 4.99. The first-order valence-corrected chi connectivity index (χ1v) is 6.75. The Morgan fingerprint density at radius 1 is 1.24 bits per heavy atom. The summed E-state index contributed by atoms with van der Waals surface area (Å²) in [5, 5.41) is 0. The molecule has 0 atom stereocenters. The highest BCUT2D eigenvalue weighted by Gasteiger charge is 2.10. The molecular weight excluding hydrogens is 264 g/mol. The number of H-pyrrole nitrogens is 1. The highest BCUT2D eigenvalue weighted by molar-refractivity contribution is 5.78. The first-order chi connectivity index (χ1) is 10.2. The molecule has 1 heterocycles. The minimum atomic E-state index is 0.662. The Kier molecular flexibility index (Phi) is 3.39. The van der Waals surface area contributed by atoms with Crippen LogP contribution in [0.15, 0.2) is 42.5 Å². The summed E-state index contributed by atoms with van der Waals surface area (Å²) >= 11 is 0. The topological polar surface area (TPSA) is 67.2 Å². The number of nitrogens with two attached hydrogens (primary N) is 1. The fraction of sp³-hybridized carbons (Fsp3) is 0.188. The Balaban J connectivity index is 1.87. The van der Waals surface area contributed by atoms with Gasteiger partial charge in [-0.25, -0.2) is 4.98 Å². The second-order valence-electron chi connectivity index (χ2n) is 4.99. The number of fused-ring (bicyclic) bond motifs is 1. The van der Waals surface area contributed by atoms with Crippen LogP contribution >= 0.6 is 0 Å². The fourth-order valence-electron chi connectivity index (χ4n) is 2.41. The van der Waals surface area contributed by atoms with Crippen LogP contribution in [0.4, 0.5) is 11.4 Å². The van der Waals surface area contributed by atoms with Crippen LogP contribution < -0.4 is 15.4 Å². The van der Waals surface area contributed by atoms with Crippen molar-refractivity contribution in [2.45, 2.75) is 6.54 Å². The van der Waals surface area contributed by atoms with Crippen LogP contribution in [0.1, 0.15) is 5.82 Å². The van der Waals surface area contributed by atoms with Gasteiger partial charge in [-0.05, 0) is 30.3 Å². The van der Waals surface area contributed by atoms with Crippen molar-refractivity contribution in [3.63, 3.8) is 0 Å². The lowest BCUT2D eigenvalue weighted by Gasteiger charge is -2.20. The van der Waals surface area contributed by atoms with Gasteiger partial charge in [0.25, 0.3) is 0 Å². The van der Waals surface area contributed by atoms with E-state index in [1.165, 1.54) is 0 Å². The molecule has 3 aromatic rings. The molecule has 0 spiro atoms. The van der Waals surface area contributed by atoms with Crippen molar-refractivity contribution < 1.29 is 4.74 Å². The second kappa shape index (κ2) is 5.36. The highest BCUT2D eigenvalue weighted by atomic mass is 16.5. The van der Waals surface area contributed by atoms with E-state index in [1.807, 2.05) is 49.5 Å². The molecule has 0 bridgehead atoms. The molecule has 2 aromatic carbocycles. The molecule has 0 aliphatic rings. The van der Waals surface area contributed by atoms with Gasteiger partial charge in [-0.2, -0.15) is 0 Å². The van der Waals surface area contributed by atoms with E-state index < -0.39 is 0 Å². The minimum Gasteiger partial charge on any atom is -0.495 e. The lowest BCUT2D eigenvalue weighted by molar-refractivity contribution is 0.414. The number of aromatic amines is 1. The number of hydrogen-bond acceptors (Lipinski definition) is 4. The van der Waals surface area contributed by atoms with E-state index in [0.717, 1.165) is 34.0 Å². The van der Waals surface area contributed by atoms with Gasteiger partial charge in [0.05, 0.1) is 30.4 Å². The summed E-state index contributed by atoms with van der Waals surface area (Å²) in [5.41, 5.74) is 9.43. The summed E-state index contributed by atoms with van der Waals surface area (Å²) in [7, 11) is 3.69. The van der Waals surface area contributed by atoms with Crippen LogP contribution in [0.5, 0.6) is 5.75 Å². The number of anilines is 2. The van der Waals surface area contributed by atoms with Gasteiger partial charge in [-0.3, -0.25) is 0 Å². The van der Waals surface area contributed by atoms with Crippen LogP contribution in [0.25, 0.3) is 11.0 Å². The lowest BCUT2D eigenvalue weighted by atomic mass is 10.2. The smallest absolute Gasteiger partial charge is 0.142 e. The molecule has 3 rings (SSSR count). The van der Waals surface area contributed by atoms with E-state index in [9.17, 15) is 0 Å². The van der Waals surface area contributed by atoms with Gasteiger partial charge in [-0.15, -0.1) is 0 Å². The maximum absolute atomic E-state index is 5.79. The third-order valence-corrected chi connectivity index (χ3v) is 3.44. The Morgan fingerprint density at radius 3 is 2.86 bits per heavy atom. The van der Waals surface area contributed by atoms with Crippen LogP contribution in [-0.2, 0) is 6.54 Å². The van der Waals surface area contributed by atoms with Crippen LogP contribution in [-0.4, -0.2) is 24.1 Å². The quantitative estimate of drug-likeness (QED) is 0.722. The highest BCUT2D eigenvalue weighted by Crippen LogP contribution is 2.27. The van der Waals surface area contributed by atoms with Gasteiger partial charge in [0.15, 0.2) is 0 Å². The number of hydrogen-bond donors (Lipinski definition) is 2. The molecule has 5 nitrogen and oxygen atoms in total. The summed E-state index contributed by atoms with van der Waals surface area (Å²) in [6.07, 6.45) is 0. The lowest BCUT2D eigenvalue weighted by Crippen LogP contribution is -2.17. The van der Waals surface area contributed by atoms with Crippen LogP contribution in [0.2, 0.25) is 0 Å². The van der Waals surface area contributed by atoms with Gasteiger partial charge in [-0.1, -0.05) is 12.1 Å². The third kappa shape index (κ3) is 2.63. The molecule has 0 aliphatic heterocycles. The zero-order chi connectivity index (χ0) is 14.8. The van der Waals surface area contributed by atoms with Crippen molar-refractivity contribution in [2.75, 3.05) is 24.8 Å². The number of ether oxygens (including phenoxy) is 1. The largest absolute Gasteiger partial charge is 0.495 e. The number of methoxy groups -OCH3 is 1. The number of nitrogens with one attached hydrogen (secondary N) is 1. The predicted molar refractivity (Wildman–Crippen MR) is 85.6 cm³/mol. The number of nitrogen functional groups attached to an aromatic ring is 1. The first kappa shape index (κ1) is 13.3. The molecule has 3 N–H and O–H groups in total. The molecule has 1 aromatic heterocycles. The van der Waals surface area contributed by atoms with Gasteiger partial charge in [0.1, 0.15) is 11.6 Å². The molecule has 0 unspecified atom stereocenters. The van der Waals surface area contributed by atoms with Crippen molar-refractivity contribution >= 4 is 22.4 Å². The van der Waals surface area contributed by atoms with E-state index in [-0.39, 0.29) is 0 Å². The summed E-state index contributed by atoms with van der Waals surface area (Å²) in [4.78, 5) is 9.98. The standard InChI is InChI=1S/C16H18N4O/c1-20(14-5-3-4-6-15(14)21-2)10-16-18-12-8-7-11(17)9-13(12)19-16/h3-9H,10,17H2,1-2H3,(H,18,19). The van der Waals surface area contributed by atoms with Gasteiger partial charge in [0.2, 0.25) is 0 Å². The van der Waals surface area contributed by atoms with Gasteiger partial charge < -0.3 is 20.4 Å². The molecular formula is C16H18N4O. The maximum Gasteiger partial charge on any atom is 0.142 e. The van der Waals surface area contributed by atoms with E-state index in [0.29, 0.717) is 6.54 Å². The van der Waals surface area contributed by atoms with E-state index >= 15 is 0 Å². The van der Waals surface area contributed by atoms with Crippen LogP contribution in [0, 0.1) is 0 Å². The Bertz CT molecular complexity index is 766. The molecule has 0 saturated carbocycles. The minimum absolute atomic E-state index is 0.662. The molecule has 0 fully saturated rings. The zero-order valence-corrected chi connectivity index (χ0v) is 12.1. The third-order valence-electron chi connectivity index (χ3n) is 3.44. The number of aromatic nitrogens is 2. The predicted octanol–water partition coefficient (Wildman–Crippen LogP) is 2.79. The molecule has 0 amide bonds. The van der Waals surface area contributed by atoms with E-state index in [2.05, 4.69) is 14.9 Å². The van der Waals surface area contributed by atoms with E-state index in [4.69, 9.17) is 10.5 Å².